The van der Waals surface area contributed by atoms with Crippen molar-refractivity contribution < 1.29 is 0 Å². The molecule has 3 nitrogen and oxygen atoms in total. The summed E-state index contributed by atoms with van der Waals surface area (Å²) in [7, 11) is 0. The van der Waals surface area contributed by atoms with E-state index in [2.05, 4.69) is 29.2 Å². The van der Waals surface area contributed by atoms with Crippen molar-refractivity contribution in [3.8, 4) is 0 Å². The Labute approximate surface area is 129 Å². The molecule has 0 heterocycles. The summed E-state index contributed by atoms with van der Waals surface area (Å²) >= 11 is 0. The molecule has 0 saturated heterocycles. The first kappa shape index (κ1) is 16.5. The van der Waals surface area contributed by atoms with Crippen molar-refractivity contribution in [2.24, 2.45) is 11.5 Å². The van der Waals surface area contributed by atoms with Crippen LogP contribution >= 0.6 is 0 Å². The van der Waals surface area contributed by atoms with E-state index >= 15 is 0 Å². The lowest BCUT2D eigenvalue weighted by Crippen LogP contribution is -2.33. The number of benzene rings is 1. The third kappa shape index (κ3) is 4.80. The van der Waals surface area contributed by atoms with Crippen LogP contribution in [0.2, 0.25) is 0 Å². The second-order valence-corrected chi connectivity index (χ2v) is 6.13. The lowest BCUT2D eigenvalue weighted by Gasteiger charge is -2.36. The molecule has 4 N–H and O–H groups in total. The van der Waals surface area contributed by atoms with E-state index in [1.807, 2.05) is 0 Å². The van der Waals surface area contributed by atoms with E-state index in [1.165, 1.54) is 45.2 Å². The fourth-order valence-corrected chi connectivity index (χ4v) is 3.45. The van der Waals surface area contributed by atoms with Crippen LogP contribution in [-0.4, -0.2) is 31.1 Å². The SMILES string of the molecule is NCCCCN(CCCCN)C1CCCc2ccccc21. The second kappa shape index (κ2) is 9.19. The fourth-order valence-electron chi connectivity index (χ4n) is 3.45. The van der Waals surface area contributed by atoms with Crippen molar-refractivity contribution in [3.63, 3.8) is 0 Å². The fraction of sp³-hybridized carbons (Fsp3) is 0.667. The molecule has 21 heavy (non-hydrogen) atoms. The maximum absolute atomic E-state index is 5.66. The first-order valence-corrected chi connectivity index (χ1v) is 8.58. The molecule has 0 bridgehead atoms. The van der Waals surface area contributed by atoms with Gasteiger partial charge in [-0.25, -0.2) is 0 Å². The Kier molecular flexibility index (Phi) is 7.20. The molecule has 1 aliphatic rings. The Balaban J connectivity index is 2.04. The molecule has 1 aromatic carbocycles. The topological polar surface area (TPSA) is 55.3 Å². The van der Waals surface area contributed by atoms with Crippen molar-refractivity contribution in [1.82, 2.24) is 4.90 Å². The summed E-state index contributed by atoms with van der Waals surface area (Å²) in [5.74, 6) is 0. The van der Waals surface area contributed by atoms with Gasteiger partial charge in [-0.05, 0) is 82.3 Å². The Morgan fingerprint density at radius 3 is 2.29 bits per heavy atom. The highest BCUT2D eigenvalue weighted by Crippen LogP contribution is 2.34. The van der Waals surface area contributed by atoms with Crippen LogP contribution in [-0.2, 0) is 6.42 Å². The van der Waals surface area contributed by atoms with Crippen LogP contribution in [0.5, 0.6) is 0 Å². The molecule has 0 amide bonds. The third-order valence-electron chi connectivity index (χ3n) is 4.58. The summed E-state index contributed by atoms with van der Waals surface area (Å²) in [6, 6.07) is 9.60. The highest BCUT2D eigenvalue weighted by Gasteiger charge is 2.24. The molecule has 3 heteroatoms. The van der Waals surface area contributed by atoms with E-state index in [-0.39, 0.29) is 0 Å². The van der Waals surface area contributed by atoms with Gasteiger partial charge in [-0.15, -0.1) is 0 Å². The van der Waals surface area contributed by atoms with E-state index in [1.54, 1.807) is 11.1 Å². The van der Waals surface area contributed by atoms with E-state index in [4.69, 9.17) is 11.5 Å². The number of fused-ring (bicyclic) bond motifs is 1. The minimum Gasteiger partial charge on any atom is -0.330 e. The van der Waals surface area contributed by atoms with Crippen molar-refractivity contribution in [3.05, 3.63) is 35.4 Å². The summed E-state index contributed by atoms with van der Waals surface area (Å²) < 4.78 is 0. The van der Waals surface area contributed by atoms with Gasteiger partial charge in [-0.3, -0.25) is 4.90 Å². The molecule has 0 spiro atoms. The number of nitrogens with two attached hydrogens (primary N) is 2. The van der Waals surface area contributed by atoms with E-state index in [9.17, 15) is 0 Å². The highest BCUT2D eigenvalue weighted by atomic mass is 15.2. The van der Waals surface area contributed by atoms with Crippen molar-refractivity contribution in [2.75, 3.05) is 26.2 Å². The van der Waals surface area contributed by atoms with Gasteiger partial charge in [0.25, 0.3) is 0 Å². The van der Waals surface area contributed by atoms with Crippen molar-refractivity contribution >= 4 is 0 Å². The zero-order chi connectivity index (χ0) is 14.9. The monoisotopic (exact) mass is 289 g/mol. The molecule has 1 atom stereocenters. The van der Waals surface area contributed by atoms with Gasteiger partial charge in [0, 0.05) is 6.04 Å². The number of hydrogen-bond acceptors (Lipinski definition) is 3. The summed E-state index contributed by atoms with van der Waals surface area (Å²) in [5.41, 5.74) is 14.4. The van der Waals surface area contributed by atoms with Gasteiger partial charge in [0.1, 0.15) is 0 Å². The molecule has 0 aromatic heterocycles. The van der Waals surface area contributed by atoms with Gasteiger partial charge in [-0.1, -0.05) is 24.3 Å². The highest BCUT2D eigenvalue weighted by molar-refractivity contribution is 5.32. The number of hydrogen-bond donors (Lipinski definition) is 2. The van der Waals surface area contributed by atoms with Crippen LogP contribution in [0.1, 0.15) is 55.7 Å². The number of nitrogens with zero attached hydrogens (tertiary/aromatic N) is 1. The van der Waals surface area contributed by atoms with Crippen LogP contribution in [0.3, 0.4) is 0 Å². The predicted molar refractivity (Wildman–Crippen MR) is 90.3 cm³/mol. The first-order chi connectivity index (χ1) is 10.4. The van der Waals surface area contributed by atoms with Crippen LogP contribution in [0.25, 0.3) is 0 Å². The largest absolute Gasteiger partial charge is 0.330 e. The van der Waals surface area contributed by atoms with Gasteiger partial charge in [-0.2, -0.15) is 0 Å². The second-order valence-electron chi connectivity index (χ2n) is 6.13. The molecule has 1 aromatic rings. The molecular weight excluding hydrogens is 258 g/mol. The molecule has 2 rings (SSSR count). The Morgan fingerprint density at radius 2 is 1.62 bits per heavy atom. The van der Waals surface area contributed by atoms with Gasteiger partial charge >= 0.3 is 0 Å². The van der Waals surface area contributed by atoms with Gasteiger partial charge < -0.3 is 11.5 Å². The van der Waals surface area contributed by atoms with Crippen LogP contribution in [0.4, 0.5) is 0 Å². The summed E-state index contributed by atoms with van der Waals surface area (Å²) in [6.45, 7) is 3.94. The lowest BCUT2D eigenvalue weighted by molar-refractivity contribution is 0.172. The molecule has 0 fully saturated rings. The zero-order valence-electron chi connectivity index (χ0n) is 13.3. The predicted octanol–water partition coefficient (Wildman–Crippen LogP) is 2.84. The quantitative estimate of drug-likeness (QED) is 0.687. The van der Waals surface area contributed by atoms with E-state index in [0.29, 0.717) is 6.04 Å². The molecule has 0 saturated carbocycles. The summed E-state index contributed by atoms with van der Waals surface area (Å²) in [4.78, 5) is 2.68. The maximum atomic E-state index is 5.66. The average Bonchev–Trinajstić information content (AvgIpc) is 2.53. The third-order valence-corrected chi connectivity index (χ3v) is 4.58. The zero-order valence-corrected chi connectivity index (χ0v) is 13.3. The molecule has 1 aliphatic carbocycles. The lowest BCUT2D eigenvalue weighted by atomic mass is 9.86. The Morgan fingerprint density at radius 1 is 0.952 bits per heavy atom. The molecule has 0 aliphatic heterocycles. The minimum absolute atomic E-state index is 0.602. The van der Waals surface area contributed by atoms with Crippen LogP contribution in [0, 0.1) is 0 Å². The molecular formula is C18H31N3. The molecule has 0 radical (unpaired) electrons. The molecule has 1 unspecified atom stereocenters. The van der Waals surface area contributed by atoms with Crippen molar-refractivity contribution in [1.29, 1.82) is 0 Å². The normalized spacial score (nSPS) is 18.0. The number of unbranched alkanes of at least 4 members (excludes halogenated alkanes) is 2. The minimum atomic E-state index is 0.602. The average molecular weight is 289 g/mol. The van der Waals surface area contributed by atoms with E-state index in [0.717, 1.165) is 25.9 Å². The van der Waals surface area contributed by atoms with Gasteiger partial charge in [0.2, 0.25) is 0 Å². The molecule has 118 valence electrons. The summed E-state index contributed by atoms with van der Waals surface area (Å²) in [6.07, 6.45) is 8.51. The van der Waals surface area contributed by atoms with Crippen molar-refractivity contribution in [2.45, 2.75) is 51.0 Å². The van der Waals surface area contributed by atoms with E-state index < -0.39 is 0 Å². The smallest absolute Gasteiger partial charge is 0.0350 e. The Bertz CT molecular complexity index is 395. The number of aryl methyl sites for hydroxylation is 1. The standard InChI is InChI=1S/C18H31N3/c19-12-3-5-14-21(15-6-4-13-20)18-11-7-9-16-8-1-2-10-17(16)18/h1-2,8,10,18H,3-7,9,11-15,19-20H2. The van der Waals surface area contributed by atoms with Crippen LogP contribution in [0.15, 0.2) is 24.3 Å². The number of rotatable bonds is 9. The summed E-state index contributed by atoms with van der Waals surface area (Å²) in [5, 5.41) is 0. The van der Waals surface area contributed by atoms with Gasteiger partial charge in [0.15, 0.2) is 0 Å². The van der Waals surface area contributed by atoms with Gasteiger partial charge in [0.05, 0.1) is 0 Å². The Hall–Kier alpha value is -0.900. The maximum Gasteiger partial charge on any atom is 0.0350 e. The van der Waals surface area contributed by atoms with Crippen LogP contribution < -0.4 is 11.5 Å². The first-order valence-electron chi connectivity index (χ1n) is 8.58.